The van der Waals surface area contributed by atoms with Gasteiger partial charge < -0.3 is 34.9 Å². The molecule has 0 radical (unpaired) electrons. The van der Waals surface area contributed by atoms with Crippen molar-refractivity contribution in [1.29, 1.82) is 5.26 Å². The molecule has 3 N–H and O–H groups in total. The molecule has 6 rings (SSSR count). The van der Waals surface area contributed by atoms with Crippen molar-refractivity contribution in [2.75, 3.05) is 26.4 Å². The van der Waals surface area contributed by atoms with Gasteiger partial charge in [-0.3, -0.25) is 19.2 Å². The average molecular weight is 934 g/mol. The lowest BCUT2D eigenvalue weighted by Gasteiger charge is -2.63. The van der Waals surface area contributed by atoms with Crippen LogP contribution in [0.5, 0.6) is 11.5 Å². The lowest BCUT2D eigenvalue weighted by Crippen LogP contribution is -2.74. The van der Waals surface area contributed by atoms with E-state index in [9.17, 15) is 29.5 Å². The van der Waals surface area contributed by atoms with Crippen molar-refractivity contribution in [2.24, 2.45) is 16.2 Å². The van der Waals surface area contributed by atoms with Gasteiger partial charge >= 0.3 is 0 Å². The first-order chi connectivity index (χ1) is 31.7. The van der Waals surface area contributed by atoms with Crippen LogP contribution in [0.25, 0.3) is 10.4 Å². The van der Waals surface area contributed by atoms with Crippen LogP contribution < -0.4 is 20.1 Å². The van der Waals surface area contributed by atoms with Crippen LogP contribution in [-0.2, 0) is 25.5 Å². The third-order valence-corrected chi connectivity index (χ3v) is 14.2. The number of unbranched alkanes of at least 4 members (excludes halogenated alkanes) is 2. The SMILES string of the molecule is Cc1cc(OC2C(C)(C)C(NC(=O)c3ccc(OCCCCCOCC(=O)N[C@H](C(=O)N4C[C@H](O)C[C@H]4C(=O)CCc4ccc(-c5scnc5C)cc4)C(C)(C)C)cc3)C2(C)C)ccc1C#N. The third-order valence-electron chi connectivity index (χ3n) is 13.2. The topological polar surface area (TPSA) is 180 Å². The number of Topliss-reactive ketones (excluding diaryl/α,β-unsaturated/α-hetero) is 1. The lowest BCUT2D eigenvalue weighted by atomic mass is 9.49. The summed E-state index contributed by atoms with van der Waals surface area (Å²) >= 11 is 1.59. The van der Waals surface area contributed by atoms with Crippen molar-refractivity contribution in [1.82, 2.24) is 20.5 Å². The Morgan fingerprint density at radius 2 is 1.61 bits per heavy atom. The van der Waals surface area contributed by atoms with E-state index in [1.807, 2.05) is 76.5 Å². The van der Waals surface area contributed by atoms with E-state index in [1.54, 1.807) is 41.7 Å². The average Bonchev–Trinajstić information content (AvgIpc) is 3.91. The van der Waals surface area contributed by atoms with Crippen LogP contribution in [0.3, 0.4) is 0 Å². The number of β-amino-alcohol motifs (C(OH)–C–C–N with tert-alkyl or cyclic N) is 1. The van der Waals surface area contributed by atoms with Gasteiger partial charge in [-0.2, -0.15) is 5.26 Å². The number of amides is 3. The Kier molecular flexibility index (Phi) is 16.3. The molecular weight excluding hydrogens is 867 g/mol. The van der Waals surface area contributed by atoms with E-state index in [1.165, 1.54) is 4.90 Å². The number of nitrogens with zero attached hydrogens (tertiary/aromatic N) is 3. The Bertz CT molecular complexity index is 2400. The molecule has 3 aromatic carbocycles. The maximum absolute atomic E-state index is 14.0. The van der Waals surface area contributed by atoms with Gasteiger partial charge in [0.15, 0.2) is 5.78 Å². The van der Waals surface area contributed by atoms with Crippen LogP contribution in [0.4, 0.5) is 0 Å². The van der Waals surface area contributed by atoms with Gasteiger partial charge in [0.1, 0.15) is 30.3 Å². The number of hydrogen-bond donors (Lipinski definition) is 3. The highest BCUT2D eigenvalue weighted by Crippen LogP contribution is 2.55. The molecule has 4 aromatic rings. The monoisotopic (exact) mass is 933 g/mol. The molecule has 1 aromatic heterocycles. The van der Waals surface area contributed by atoms with Crippen LogP contribution >= 0.6 is 11.3 Å². The molecule has 0 bridgehead atoms. The Balaban J connectivity index is 0.878. The summed E-state index contributed by atoms with van der Waals surface area (Å²) in [4.78, 5) is 60.9. The summed E-state index contributed by atoms with van der Waals surface area (Å²) in [5.41, 5.74) is 5.54. The second-order valence-electron chi connectivity index (χ2n) is 20.3. The van der Waals surface area contributed by atoms with Crippen molar-refractivity contribution in [3.63, 3.8) is 0 Å². The number of likely N-dealkylation sites (tertiary alicyclic amines) is 1. The quantitative estimate of drug-likeness (QED) is 0.0732. The fourth-order valence-corrected chi connectivity index (χ4v) is 10.6. The Morgan fingerprint density at radius 3 is 2.24 bits per heavy atom. The minimum absolute atomic E-state index is 0.0297. The number of aromatic nitrogens is 1. The summed E-state index contributed by atoms with van der Waals surface area (Å²) in [5, 5.41) is 26.0. The molecule has 0 unspecified atom stereocenters. The molecule has 1 saturated carbocycles. The van der Waals surface area contributed by atoms with Gasteiger partial charge in [0, 0.05) is 48.4 Å². The number of carbonyl (C=O) groups excluding carboxylic acids is 4. The number of carbonyl (C=O) groups is 4. The van der Waals surface area contributed by atoms with E-state index in [0.29, 0.717) is 48.7 Å². The zero-order valence-corrected chi connectivity index (χ0v) is 41.3. The minimum Gasteiger partial charge on any atom is -0.494 e. The molecule has 0 spiro atoms. The standard InChI is InChI=1S/C53H67N5O8S/c1-33-27-41(23-20-38(33)29-54)66-50-52(6,7)49(53(50,8)9)57-47(62)37-18-21-40(22-19-37)65-26-12-10-11-25-64-31-44(61)56-46(51(3,4)5)48(63)58-30-39(59)28-42(58)43(60)24-15-35-13-16-36(17-14-35)45-34(2)55-32-67-45/h13-14,16-23,27,32,39,42,46,49-50,59H,10-12,15,24-26,28,30-31H2,1-9H3,(H,56,61)(H,57,62)/t39-,42+,46-,49?,50?/m1/s1. The van der Waals surface area contributed by atoms with Crippen molar-refractivity contribution in [2.45, 2.75) is 131 Å². The maximum atomic E-state index is 14.0. The smallest absolute Gasteiger partial charge is 0.251 e. The number of aryl methyl sites for hydroxylation is 3. The van der Waals surface area contributed by atoms with E-state index in [0.717, 1.165) is 40.1 Å². The van der Waals surface area contributed by atoms with E-state index in [2.05, 4.69) is 49.4 Å². The summed E-state index contributed by atoms with van der Waals surface area (Å²) in [5.74, 6) is 0.258. The summed E-state index contributed by atoms with van der Waals surface area (Å²) in [6.45, 7) is 18.4. The number of nitriles is 1. The van der Waals surface area contributed by atoms with Gasteiger partial charge in [-0.05, 0) is 104 Å². The first kappa shape index (κ1) is 50.8. The number of rotatable bonds is 20. The molecule has 358 valence electrons. The van der Waals surface area contributed by atoms with Gasteiger partial charge in [-0.15, -0.1) is 11.3 Å². The molecular formula is C53H67N5O8S. The Hall–Kier alpha value is -5.62. The number of aliphatic hydroxyl groups excluding tert-OH is 1. The van der Waals surface area contributed by atoms with E-state index in [-0.39, 0.29) is 60.7 Å². The number of thiazole rings is 1. The van der Waals surface area contributed by atoms with Crippen molar-refractivity contribution >= 4 is 34.8 Å². The molecule has 2 aliphatic rings. The molecule has 67 heavy (non-hydrogen) atoms. The van der Waals surface area contributed by atoms with Crippen LogP contribution in [-0.4, -0.2) is 95.2 Å². The molecule has 1 saturated heterocycles. The molecule has 2 fully saturated rings. The van der Waals surface area contributed by atoms with Crippen LogP contribution in [0.2, 0.25) is 0 Å². The summed E-state index contributed by atoms with van der Waals surface area (Å²) < 4.78 is 18.0. The van der Waals surface area contributed by atoms with Crippen LogP contribution in [0.15, 0.2) is 72.2 Å². The van der Waals surface area contributed by atoms with E-state index >= 15 is 0 Å². The Labute approximate surface area is 399 Å². The normalized spacial score (nSPS) is 20.0. The van der Waals surface area contributed by atoms with Gasteiger partial charge in [-0.25, -0.2) is 4.98 Å². The fraction of sp³-hybridized carbons (Fsp3) is 0.509. The predicted octanol–water partition coefficient (Wildman–Crippen LogP) is 8.17. The van der Waals surface area contributed by atoms with Gasteiger partial charge in [0.2, 0.25) is 11.8 Å². The molecule has 13 nitrogen and oxygen atoms in total. The highest BCUT2D eigenvalue weighted by molar-refractivity contribution is 7.13. The number of benzene rings is 3. The third kappa shape index (κ3) is 12.3. The minimum atomic E-state index is -0.922. The van der Waals surface area contributed by atoms with Crippen molar-refractivity contribution in [3.05, 3.63) is 100 Å². The largest absolute Gasteiger partial charge is 0.494 e. The predicted molar refractivity (Wildman–Crippen MR) is 259 cm³/mol. The molecule has 14 heteroatoms. The van der Waals surface area contributed by atoms with Gasteiger partial charge in [0.25, 0.3) is 5.91 Å². The van der Waals surface area contributed by atoms with Gasteiger partial charge in [-0.1, -0.05) is 72.7 Å². The van der Waals surface area contributed by atoms with Gasteiger partial charge in [0.05, 0.1) is 46.5 Å². The first-order valence-corrected chi connectivity index (χ1v) is 24.2. The van der Waals surface area contributed by atoms with E-state index < -0.39 is 35.4 Å². The Morgan fingerprint density at radius 1 is 0.940 bits per heavy atom. The number of hydrogen-bond acceptors (Lipinski definition) is 11. The fourth-order valence-electron chi connectivity index (χ4n) is 9.74. The zero-order valence-electron chi connectivity index (χ0n) is 40.4. The second-order valence-corrected chi connectivity index (χ2v) is 21.2. The number of nitrogens with one attached hydrogen (secondary N) is 2. The highest BCUT2D eigenvalue weighted by Gasteiger charge is 2.64. The summed E-state index contributed by atoms with van der Waals surface area (Å²) in [6.07, 6.45) is 2.18. The molecule has 1 aliphatic carbocycles. The van der Waals surface area contributed by atoms with E-state index in [4.69, 9.17) is 14.2 Å². The van der Waals surface area contributed by atoms with Crippen LogP contribution in [0, 0.1) is 41.4 Å². The number of aliphatic hydroxyl groups is 1. The number of ketones is 1. The molecule has 2 heterocycles. The van der Waals surface area contributed by atoms with Crippen molar-refractivity contribution in [3.8, 4) is 28.0 Å². The molecule has 3 amide bonds. The molecule has 1 aliphatic heterocycles. The van der Waals surface area contributed by atoms with Crippen LogP contribution in [0.1, 0.15) is 113 Å². The maximum Gasteiger partial charge on any atom is 0.251 e. The first-order valence-electron chi connectivity index (χ1n) is 23.3. The summed E-state index contributed by atoms with van der Waals surface area (Å²) in [7, 11) is 0. The summed E-state index contributed by atoms with van der Waals surface area (Å²) in [6, 6.07) is 21.0. The molecule has 3 atom stereocenters. The lowest BCUT2D eigenvalue weighted by molar-refractivity contribution is -0.164. The number of ether oxygens (including phenoxy) is 3. The highest BCUT2D eigenvalue weighted by atomic mass is 32.1. The second kappa shape index (κ2) is 21.6. The van der Waals surface area contributed by atoms with Crippen molar-refractivity contribution < 1.29 is 38.5 Å². The zero-order chi connectivity index (χ0) is 48.7.